The van der Waals surface area contributed by atoms with Gasteiger partial charge in [-0.3, -0.25) is 19.8 Å². The number of hydrogen-bond acceptors (Lipinski definition) is 7. The minimum absolute atomic E-state index is 0.171. The van der Waals surface area contributed by atoms with E-state index in [4.69, 9.17) is 0 Å². The third-order valence-electron chi connectivity index (χ3n) is 3.72. The van der Waals surface area contributed by atoms with Crippen molar-refractivity contribution in [3.8, 4) is 0 Å². The molecule has 0 saturated carbocycles. The van der Waals surface area contributed by atoms with Gasteiger partial charge >= 0.3 is 0 Å². The summed E-state index contributed by atoms with van der Waals surface area (Å²) in [6.07, 6.45) is 5.91. The van der Waals surface area contributed by atoms with Crippen LogP contribution in [0.1, 0.15) is 23.1 Å². The summed E-state index contributed by atoms with van der Waals surface area (Å²) < 4.78 is 0. The zero-order valence-electron chi connectivity index (χ0n) is 13.3. The molecule has 0 spiro atoms. The van der Waals surface area contributed by atoms with Crippen LogP contribution in [-0.4, -0.2) is 45.3 Å². The van der Waals surface area contributed by atoms with Crippen molar-refractivity contribution in [2.45, 2.75) is 26.3 Å². The third-order valence-corrected chi connectivity index (χ3v) is 4.63. The molecule has 3 heterocycles. The number of hydrogen-bond donors (Lipinski definition) is 2. The lowest BCUT2D eigenvalue weighted by molar-refractivity contribution is -0.114. The second-order valence-electron chi connectivity index (χ2n) is 5.52. The van der Waals surface area contributed by atoms with Crippen LogP contribution in [0.3, 0.4) is 0 Å². The maximum Gasteiger partial charge on any atom is 0.229 e. The first kappa shape index (κ1) is 16.5. The molecule has 0 saturated heterocycles. The van der Waals surface area contributed by atoms with Crippen molar-refractivity contribution in [3.63, 3.8) is 0 Å². The van der Waals surface area contributed by atoms with Crippen molar-refractivity contribution in [1.82, 2.24) is 19.9 Å². The van der Waals surface area contributed by atoms with Crippen LogP contribution in [0.5, 0.6) is 0 Å². The molecule has 1 aliphatic heterocycles. The average Bonchev–Trinajstić information content (AvgIpc) is 2.88. The highest BCUT2D eigenvalue weighted by molar-refractivity contribution is 7.15. The summed E-state index contributed by atoms with van der Waals surface area (Å²) in [5, 5.41) is 5.81. The van der Waals surface area contributed by atoms with Gasteiger partial charge in [0.1, 0.15) is 0 Å². The predicted octanol–water partition coefficient (Wildman–Crippen LogP) is 1.06. The van der Waals surface area contributed by atoms with E-state index in [0.717, 1.165) is 48.6 Å². The molecule has 24 heavy (non-hydrogen) atoms. The number of carbonyl (C=O) groups is 2. The van der Waals surface area contributed by atoms with Crippen LogP contribution < -0.4 is 10.6 Å². The Balaban J connectivity index is 1.64. The lowest BCUT2D eigenvalue weighted by Gasteiger charge is -2.18. The summed E-state index contributed by atoms with van der Waals surface area (Å²) in [7, 11) is 0. The number of nitrogens with one attached hydrogen (secondary N) is 2. The van der Waals surface area contributed by atoms with E-state index in [1.165, 1.54) is 18.3 Å². The summed E-state index contributed by atoms with van der Waals surface area (Å²) in [5.41, 5.74) is 2.11. The molecule has 0 bridgehead atoms. The van der Waals surface area contributed by atoms with E-state index in [9.17, 15) is 9.59 Å². The van der Waals surface area contributed by atoms with Gasteiger partial charge in [0.25, 0.3) is 0 Å². The molecule has 0 aliphatic carbocycles. The molecule has 2 N–H and O–H groups in total. The van der Waals surface area contributed by atoms with Crippen LogP contribution in [-0.2, 0) is 29.0 Å². The normalized spacial score (nSPS) is 14.5. The van der Waals surface area contributed by atoms with Gasteiger partial charge in [0.2, 0.25) is 18.3 Å². The summed E-state index contributed by atoms with van der Waals surface area (Å²) in [6.45, 7) is 4.01. The first-order valence-corrected chi connectivity index (χ1v) is 8.45. The Hall–Kier alpha value is -2.39. The van der Waals surface area contributed by atoms with Gasteiger partial charge in [0.05, 0.1) is 5.69 Å². The number of thiazole rings is 1. The van der Waals surface area contributed by atoms with Crippen molar-refractivity contribution in [2.24, 2.45) is 0 Å². The van der Waals surface area contributed by atoms with E-state index >= 15 is 0 Å². The summed E-state index contributed by atoms with van der Waals surface area (Å²) in [4.78, 5) is 37.8. The Kier molecular flexibility index (Phi) is 5.11. The molecule has 9 heteroatoms. The number of fused-ring (bicyclic) bond motifs is 1. The summed E-state index contributed by atoms with van der Waals surface area (Å²) >= 11 is 1.48. The Bertz CT molecular complexity index is 747. The van der Waals surface area contributed by atoms with Crippen LogP contribution in [0.4, 0.5) is 11.1 Å². The molecule has 2 aromatic rings. The van der Waals surface area contributed by atoms with Gasteiger partial charge in [-0.1, -0.05) is 0 Å². The highest BCUT2D eigenvalue weighted by Crippen LogP contribution is 2.21. The first-order chi connectivity index (χ1) is 11.6. The molecule has 126 valence electrons. The van der Waals surface area contributed by atoms with Crippen molar-refractivity contribution in [3.05, 3.63) is 28.5 Å². The smallest absolute Gasteiger partial charge is 0.229 e. The Labute approximate surface area is 143 Å². The standard InChI is InChI=1S/C15H18N6O2S/c1-10(23)19-14-16-6-11-2-4-21(5-3-13(11)20-14)8-12-7-17-15(24-12)18-9-22/h6-7,9H,2-5,8H2,1H3,(H,17,18,22)(H,16,19,20,23). The fourth-order valence-corrected chi connectivity index (χ4v) is 3.43. The maximum absolute atomic E-state index is 11.1. The van der Waals surface area contributed by atoms with Crippen LogP contribution in [0.15, 0.2) is 12.4 Å². The molecule has 2 aromatic heterocycles. The Morgan fingerprint density at radius 1 is 1.33 bits per heavy atom. The number of amides is 2. The molecule has 8 nitrogen and oxygen atoms in total. The fourth-order valence-electron chi connectivity index (χ4n) is 2.62. The molecule has 3 rings (SSSR count). The molecule has 2 amide bonds. The van der Waals surface area contributed by atoms with Gasteiger partial charge < -0.3 is 5.32 Å². The molecule has 0 atom stereocenters. The zero-order chi connectivity index (χ0) is 16.9. The van der Waals surface area contributed by atoms with Gasteiger partial charge in [-0.05, 0) is 12.0 Å². The molecular formula is C15H18N6O2S. The van der Waals surface area contributed by atoms with Crippen molar-refractivity contribution < 1.29 is 9.59 Å². The Morgan fingerprint density at radius 3 is 2.96 bits per heavy atom. The van der Waals surface area contributed by atoms with Gasteiger partial charge in [0, 0.05) is 50.2 Å². The number of anilines is 2. The lowest BCUT2D eigenvalue weighted by atomic mass is 10.1. The summed E-state index contributed by atoms with van der Waals surface area (Å²) in [5.74, 6) is 0.192. The number of rotatable bonds is 5. The molecule has 0 aromatic carbocycles. The molecule has 0 radical (unpaired) electrons. The number of aromatic nitrogens is 3. The van der Waals surface area contributed by atoms with E-state index in [1.54, 1.807) is 12.4 Å². The molecule has 1 aliphatic rings. The van der Waals surface area contributed by atoms with Crippen LogP contribution in [0.25, 0.3) is 0 Å². The quantitative estimate of drug-likeness (QED) is 0.785. The molecular weight excluding hydrogens is 328 g/mol. The highest BCUT2D eigenvalue weighted by atomic mass is 32.1. The average molecular weight is 346 g/mol. The van der Waals surface area contributed by atoms with Crippen molar-refractivity contribution >= 4 is 34.7 Å². The van der Waals surface area contributed by atoms with Crippen LogP contribution >= 0.6 is 11.3 Å². The number of carbonyl (C=O) groups excluding carboxylic acids is 2. The minimum Gasteiger partial charge on any atom is -0.305 e. The van der Waals surface area contributed by atoms with Gasteiger partial charge in [-0.2, -0.15) is 0 Å². The SMILES string of the molecule is CC(=O)Nc1ncc2c(n1)CCN(Cc1cnc(NC=O)s1)CC2. The summed E-state index contributed by atoms with van der Waals surface area (Å²) in [6, 6.07) is 0. The molecule has 0 unspecified atom stereocenters. The van der Waals surface area contributed by atoms with Gasteiger partial charge in [-0.15, -0.1) is 11.3 Å². The van der Waals surface area contributed by atoms with E-state index in [1.807, 2.05) is 0 Å². The maximum atomic E-state index is 11.1. The fraction of sp³-hybridized carbons (Fsp3) is 0.400. The van der Waals surface area contributed by atoms with E-state index < -0.39 is 0 Å². The first-order valence-electron chi connectivity index (χ1n) is 7.63. The monoisotopic (exact) mass is 346 g/mol. The van der Waals surface area contributed by atoms with E-state index in [-0.39, 0.29) is 5.91 Å². The lowest BCUT2D eigenvalue weighted by Crippen LogP contribution is -2.25. The van der Waals surface area contributed by atoms with Crippen molar-refractivity contribution in [2.75, 3.05) is 23.7 Å². The Morgan fingerprint density at radius 2 is 2.17 bits per heavy atom. The van der Waals surface area contributed by atoms with Crippen molar-refractivity contribution in [1.29, 1.82) is 0 Å². The van der Waals surface area contributed by atoms with E-state index in [0.29, 0.717) is 17.5 Å². The highest BCUT2D eigenvalue weighted by Gasteiger charge is 2.17. The van der Waals surface area contributed by atoms with Gasteiger partial charge in [-0.25, -0.2) is 15.0 Å². The second kappa shape index (κ2) is 7.45. The van der Waals surface area contributed by atoms with Crippen LogP contribution in [0.2, 0.25) is 0 Å². The zero-order valence-corrected chi connectivity index (χ0v) is 14.1. The molecule has 0 fully saturated rings. The third kappa shape index (κ3) is 4.12. The van der Waals surface area contributed by atoms with E-state index in [2.05, 4.69) is 30.5 Å². The second-order valence-corrected chi connectivity index (χ2v) is 6.63. The van der Waals surface area contributed by atoms with Crippen LogP contribution in [0, 0.1) is 0 Å². The van der Waals surface area contributed by atoms with Gasteiger partial charge in [0.15, 0.2) is 5.13 Å². The predicted molar refractivity (Wildman–Crippen MR) is 90.8 cm³/mol. The number of nitrogens with zero attached hydrogens (tertiary/aromatic N) is 4. The minimum atomic E-state index is -0.171. The topological polar surface area (TPSA) is 100 Å². The largest absolute Gasteiger partial charge is 0.305 e.